The number of piperidine rings is 1. The topological polar surface area (TPSA) is 97.0 Å². The number of amides is 2. The molecule has 1 aromatic heterocycles. The van der Waals surface area contributed by atoms with Crippen molar-refractivity contribution in [3.8, 4) is 11.5 Å². The van der Waals surface area contributed by atoms with Gasteiger partial charge in [-0.1, -0.05) is 6.07 Å². The minimum Gasteiger partial charge on any atom is -0.454 e. The van der Waals surface area contributed by atoms with Gasteiger partial charge in [0.1, 0.15) is 0 Å². The highest BCUT2D eigenvalue weighted by molar-refractivity contribution is 5.98. The molecule has 9 heteroatoms. The smallest absolute Gasteiger partial charge is 0.257 e. The molecule has 5 rings (SSSR count). The zero-order valence-electron chi connectivity index (χ0n) is 16.6. The number of hydrogen-bond donors (Lipinski definition) is 1. The van der Waals surface area contributed by atoms with E-state index in [2.05, 4.69) is 10.2 Å². The van der Waals surface area contributed by atoms with Crippen LogP contribution in [0, 0.1) is 0 Å². The number of para-hydroxylation sites is 1. The molecule has 3 aliphatic heterocycles. The number of nitrogens with one attached hydrogen (secondary N) is 1. The first kappa shape index (κ1) is 18.9. The lowest BCUT2D eigenvalue weighted by Gasteiger charge is -2.33. The molecule has 30 heavy (non-hydrogen) atoms. The van der Waals surface area contributed by atoms with Gasteiger partial charge in [0.2, 0.25) is 6.79 Å². The van der Waals surface area contributed by atoms with Crippen molar-refractivity contribution in [2.45, 2.75) is 18.8 Å². The van der Waals surface area contributed by atoms with Gasteiger partial charge < -0.3 is 24.0 Å². The predicted octanol–water partition coefficient (Wildman–Crippen LogP) is 1.63. The number of aromatic nitrogens is 2. The number of benzene rings is 1. The van der Waals surface area contributed by atoms with Crippen LogP contribution in [0.2, 0.25) is 0 Å². The van der Waals surface area contributed by atoms with Gasteiger partial charge in [0.25, 0.3) is 11.8 Å². The maximum Gasteiger partial charge on any atom is 0.257 e. The van der Waals surface area contributed by atoms with Crippen molar-refractivity contribution in [3.63, 3.8) is 0 Å². The molecule has 4 heterocycles. The Morgan fingerprint density at radius 3 is 2.73 bits per heavy atom. The van der Waals surface area contributed by atoms with E-state index in [1.807, 2.05) is 4.90 Å². The SMILES string of the molecule is O=C(c1cn[nH]c1[C@H]1CCCN(C(=O)c2cccc3c2OCO3)C1)N1CCOCC1. The quantitative estimate of drug-likeness (QED) is 0.823. The van der Waals surface area contributed by atoms with Gasteiger partial charge in [-0.15, -0.1) is 0 Å². The zero-order valence-corrected chi connectivity index (χ0v) is 16.6. The van der Waals surface area contributed by atoms with E-state index in [0.29, 0.717) is 62.0 Å². The molecule has 2 saturated heterocycles. The van der Waals surface area contributed by atoms with Crippen LogP contribution in [0.1, 0.15) is 45.2 Å². The van der Waals surface area contributed by atoms with Gasteiger partial charge in [-0.3, -0.25) is 14.7 Å². The van der Waals surface area contributed by atoms with Gasteiger partial charge in [0, 0.05) is 32.1 Å². The van der Waals surface area contributed by atoms with Gasteiger partial charge in [0.05, 0.1) is 36.2 Å². The van der Waals surface area contributed by atoms with E-state index in [1.165, 1.54) is 0 Å². The van der Waals surface area contributed by atoms with Crippen molar-refractivity contribution >= 4 is 11.8 Å². The Kier molecular flexibility index (Phi) is 5.04. The van der Waals surface area contributed by atoms with Gasteiger partial charge in [-0.2, -0.15) is 5.10 Å². The molecule has 0 bridgehead atoms. The summed E-state index contributed by atoms with van der Waals surface area (Å²) in [5.74, 6) is 1.02. The largest absolute Gasteiger partial charge is 0.454 e. The van der Waals surface area contributed by atoms with Crippen LogP contribution >= 0.6 is 0 Å². The fourth-order valence-electron chi connectivity index (χ4n) is 4.38. The number of nitrogens with zero attached hydrogens (tertiary/aromatic N) is 3. The minimum absolute atomic E-state index is 0.0270. The van der Waals surface area contributed by atoms with Crippen LogP contribution in [0.4, 0.5) is 0 Å². The second-order valence-corrected chi connectivity index (χ2v) is 7.73. The van der Waals surface area contributed by atoms with Crippen molar-refractivity contribution < 1.29 is 23.8 Å². The highest BCUT2D eigenvalue weighted by Gasteiger charge is 2.33. The molecule has 0 aliphatic carbocycles. The van der Waals surface area contributed by atoms with Gasteiger partial charge in [0.15, 0.2) is 11.5 Å². The average Bonchev–Trinajstić information content (AvgIpc) is 3.48. The van der Waals surface area contributed by atoms with Gasteiger partial charge in [-0.25, -0.2) is 0 Å². The molecule has 1 aromatic carbocycles. The monoisotopic (exact) mass is 412 g/mol. The molecule has 2 fully saturated rings. The summed E-state index contributed by atoms with van der Waals surface area (Å²) in [6.07, 6.45) is 3.35. The summed E-state index contributed by atoms with van der Waals surface area (Å²) >= 11 is 0. The Labute approximate surface area is 173 Å². The predicted molar refractivity (Wildman–Crippen MR) is 106 cm³/mol. The van der Waals surface area contributed by atoms with Gasteiger partial charge in [-0.05, 0) is 25.0 Å². The van der Waals surface area contributed by atoms with E-state index >= 15 is 0 Å². The highest BCUT2D eigenvalue weighted by Crippen LogP contribution is 2.37. The molecular formula is C21H24N4O5. The maximum atomic E-state index is 13.2. The molecule has 2 amide bonds. The van der Waals surface area contributed by atoms with E-state index in [4.69, 9.17) is 14.2 Å². The lowest BCUT2D eigenvalue weighted by Crippen LogP contribution is -2.42. The number of likely N-dealkylation sites (tertiary alicyclic amines) is 1. The standard InChI is InChI=1S/C21H24N4O5/c26-20(15-4-1-5-17-19(15)30-13-29-17)25-6-2-3-14(12-25)18-16(11-22-23-18)21(27)24-7-9-28-10-8-24/h1,4-5,11,14H,2-3,6-10,12-13H2,(H,22,23)/t14-/m0/s1. The number of morpholine rings is 1. The summed E-state index contributed by atoms with van der Waals surface area (Å²) in [5.41, 5.74) is 1.91. The zero-order chi connectivity index (χ0) is 20.5. The van der Waals surface area contributed by atoms with Crippen molar-refractivity contribution in [3.05, 3.63) is 41.2 Å². The van der Waals surface area contributed by atoms with E-state index in [-0.39, 0.29) is 24.5 Å². The van der Waals surface area contributed by atoms with Crippen LogP contribution in [0.5, 0.6) is 11.5 Å². The molecule has 3 aliphatic rings. The Morgan fingerprint density at radius 2 is 1.87 bits per heavy atom. The summed E-state index contributed by atoms with van der Waals surface area (Å²) in [5, 5.41) is 7.17. The lowest BCUT2D eigenvalue weighted by atomic mass is 9.91. The first-order chi connectivity index (χ1) is 14.7. The number of carbonyl (C=O) groups excluding carboxylic acids is 2. The normalized spacial score (nSPS) is 21.0. The lowest BCUT2D eigenvalue weighted by molar-refractivity contribution is 0.0301. The van der Waals surface area contributed by atoms with Crippen molar-refractivity contribution in [1.29, 1.82) is 0 Å². The van der Waals surface area contributed by atoms with Crippen LogP contribution in [0.3, 0.4) is 0 Å². The summed E-state index contributed by atoms with van der Waals surface area (Å²) in [6.45, 7) is 3.59. The molecule has 0 spiro atoms. The first-order valence-corrected chi connectivity index (χ1v) is 10.3. The number of hydrogen-bond acceptors (Lipinski definition) is 6. The minimum atomic E-state index is -0.0809. The summed E-state index contributed by atoms with van der Waals surface area (Å²) in [6, 6.07) is 5.37. The van der Waals surface area contributed by atoms with E-state index in [9.17, 15) is 9.59 Å². The molecule has 0 saturated carbocycles. The van der Waals surface area contributed by atoms with Gasteiger partial charge >= 0.3 is 0 Å². The summed E-state index contributed by atoms with van der Waals surface area (Å²) < 4.78 is 16.3. The van der Waals surface area contributed by atoms with Crippen LogP contribution in [0.25, 0.3) is 0 Å². The molecular weight excluding hydrogens is 388 g/mol. The maximum absolute atomic E-state index is 13.2. The van der Waals surface area contributed by atoms with Crippen molar-refractivity contribution in [2.24, 2.45) is 0 Å². The molecule has 0 radical (unpaired) electrons. The molecule has 0 unspecified atom stereocenters. The van der Waals surface area contributed by atoms with Crippen molar-refractivity contribution in [2.75, 3.05) is 46.2 Å². The summed E-state index contributed by atoms with van der Waals surface area (Å²) in [7, 11) is 0. The molecule has 158 valence electrons. The number of H-pyrrole nitrogens is 1. The van der Waals surface area contributed by atoms with E-state index < -0.39 is 0 Å². The van der Waals surface area contributed by atoms with Crippen molar-refractivity contribution in [1.82, 2.24) is 20.0 Å². The van der Waals surface area contributed by atoms with Crippen LogP contribution < -0.4 is 9.47 Å². The Balaban J connectivity index is 1.34. The number of carbonyl (C=O) groups is 2. The first-order valence-electron chi connectivity index (χ1n) is 10.3. The second kappa shape index (κ2) is 7.98. The number of ether oxygens (including phenoxy) is 3. The van der Waals surface area contributed by atoms with Crippen LogP contribution in [-0.4, -0.2) is 78.0 Å². The highest BCUT2D eigenvalue weighted by atomic mass is 16.7. The van der Waals surface area contributed by atoms with E-state index in [1.54, 1.807) is 29.3 Å². The fourth-order valence-corrected chi connectivity index (χ4v) is 4.38. The number of rotatable bonds is 3. The fraction of sp³-hybridized carbons (Fsp3) is 0.476. The second-order valence-electron chi connectivity index (χ2n) is 7.73. The molecule has 1 atom stereocenters. The Bertz CT molecular complexity index is 953. The third-order valence-electron chi connectivity index (χ3n) is 5.94. The Hall–Kier alpha value is -3.07. The van der Waals surface area contributed by atoms with Crippen LogP contribution in [0.15, 0.2) is 24.4 Å². The average molecular weight is 412 g/mol. The molecule has 9 nitrogen and oxygen atoms in total. The Morgan fingerprint density at radius 1 is 1.03 bits per heavy atom. The number of fused-ring (bicyclic) bond motifs is 1. The summed E-state index contributed by atoms with van der Waals surface area (Å²) in [4.78, 5) is 29.8. The number of aromatic amines is 1. The third kappa shape index (κ3) is 3.39. The third-order valence-corrected chi connectivity index (χ3v) is 5.94. The molecule has 2 aromatic rings. The van der Waals surface area contributed by atoms with E-state index in [0.717, 1.165) is 18.5 Å². The molecule has 1 N–H and O–H groups in total. The van der Waals surface area contributed by atoms with Crippen LogP contribution in [-0.2, 0) is 4.74 Å².